The first-order valence-corrected chi connectivity index (χ1v) is 8.60. The van der Waals surface area contributed by atoms with Crippen molar-refractivity contribution in [3.63, 3.8) is 0 Å². The van der Waals surface area contributed by atoms with Crippen LogP contribution in [0.5, 0.6) is 5.75 Å². The van der Waals surface area contributed by atoms with Crippen LogP contribution in [0, 0.1) is 5.82 Å². The molecule has 0 unspecified atom stereocenters. The lowest BCUT2D eigenvalue weighted by Gasteiger charge is -2.32. The molecule has 134 valence electrons. The highest BCUT2D eigenvalue weighted by atomic mass is 19.1. The van der Waals surface area contributed by atoms with Crippen molar-refractivity contribution in [1.29, 1.82) is 0 Å². The quantitative estimate of drug-likeness (QED) is 0.874. The molecular weight excluding hydrogens is 323 g/mol. The Morgan fingerprint density at radius 3 is 3.08 bits per heavy atom. The largest absolute Gasteiger partial charge is 0.491 e. The van der Waals surface area contributed by atoms with Crippen LogP contribution < -0.4 is 10.1 Å². The van der Waals surface area contributed by atoms with Crippen molar-refractivity contribution < 1.29 is 13.9 Å². The van der Waals surface area contributed by atoms with E-state index in [1.165, 1.54) is 6.07 Å². The van der Waals surface area contributed by atoms with E-state index in [4.69, 9.17) is 4.74 Å². The van der Waals surface area contributed by atoms with Gasteiger partial charge >= 0.3 is 6.03 Å². The summed E-state index contributed by atoms with van der Waals surface area (Å²) in [4.78, 5) is 14.2. The molecule has 3 rings (SSSR count). The monoisotopic (exact) mass is 346 g/mol. The van der Waals surface area contributed by atoms with Gasteiger partial charge in [0.2, 0.25) is 0 Å². The number of hydrogen-bond donors (Lipinski definition) is 2. The zero-order valence-corrected chi connectivity index (χ0v) is 14.3. The van der Waals surface area contributed by atoms with Gasteiger partial charge in [0.1, 0.15) is 0 Å². The van der Waals surface area contributed by atoms with Crippen molar-refractivity contribution >= 4 is 6.03 Å². The third-order valence-electron chi connectivity index (χ3n) is 4.41. The van der Waals surface area contributed by atoms with Gasteiger partial charge in [-0.3, -0.25) is 5.10 Å². The van der Waals surface area contributed by atoms with Crippen LogP contribution in [-0.4, -0.2) is 40.8 Å². The number of aromatic amines is 1. The Morgan fingerprint density at radius 1 is 1.48 bits per heavy atom. The number of piperidine rings is 1. The van der Waals surface area contributed by atoms with Gasteiger partial charge in [0.05, 0.1) is 6.61 Å². The van der Waals surface area contributed by atoms with Crippen molar-refractivity contribution in [3.8, 4) is 5.75 Å². The summed E-state index contributed by atoms with van der Waals surface area (Å²) in [6.45, 7) is 3.90. The van der Waals surface area contributed by atoms with Crippen molar-refractivity contribution in [3.05, 3.63) is 47.5 Å². The molecule has 1 saturated heterocycles. The highest BCUT2D eigenvalue weighted by molar-refractivity contribution is 5.74. The Balaban J connectivity index is 1.54. The average molecular weight is 346 g/mol. The van der Waals surface area contributed by atoms with Crippen LogP contribution in [0.4, 0.5) is 9.18 Å². The molecule has 7 heteroatoms. The highest BCUT2D eigenvalue weighted by Crippen LogP contribution is 2.25. The minimum absolute atomic E-state index is 0.126. The summed E-state index contributed by atoms with van der Waals surface area (Å²) >= 11 is 0. The van der Waals surface area contributed by atoms with Crippen LogP contribution in [0.3, 0.4) is 0 Å². The lowest BCUT2D eigenvalue weighted by Crippen LogP contribution is -2.44. The number of carbonyl (C=O) groups is 1. The molecule has 2 aromatic rings. The van der Waals surface area contributed by atoms with Crippen LogP contribution in [0.15, 0.2) is 30.5 Å². The third-order valence-corrected chi connectivity index (χ3v) is 4.41. The number of amides is 2. The molecule has 2 amide bonds. The van der Waals surface area contributed by atoms with Crippen molar-refractivity contribution in [2.45, 2.75) is 32.2 Å². The first-order valence-electron chi connectivity index (χ1n) is 8.60. The molecular formula is C18H23FN4O2. The third kappa shape index (κ3) is 4.29. The molecule has 1 aromatic heterocycles. The van der Waals surface area contributed by atoms with Crippen LogP contribution in [-0.2, 0) is 6.54 Å². The summed E-state index contributed by atoms with van der Waals surface area (Å²) in [5.41, 5.74) is 1.77. The highest BCUT2D eigenvalue weighted by Gasteiger charge is 2.25. The summed E-state index contributed by atoms with van der Waals surface area (Å²) in [7, 11) is 0. The summed E-state index contributed by atoms with van der Waals surface area (Å²) in [5.74, 6) is 0.104. The van der Waals surface area contributed by atoms with Crippen LogP contribution in [0.1, 0.15) is 36.9 Å². The van der Waals surface area contributed by atoms with E-state index in [9.17, 15) is 9.18 Å². The summed E-state index contributed by atoms with van der Waals surface area (Å²) in [6, 6.07) is 6.58. The normalized spacial score (nSPS) is 17.4. The molecule has 1 fully saturated rings. The fraction of sp³-hybridized carbons (Fsp3) is 0.444. The number of rotatable bonds is 5. The summed E-state index contributed by atoms with van der Waals surface area (Å²) in [5, 5.41) is 9.83. The smallest absolute Gasteiger partial charge is 0.317 e. The number of benzene rings is 1. The lowest BCUT2D eigenvalue weighted by atomic mass is 9.95. The van der Waals surface area contributed by atoms with Gasteiger partial charge in [-0.15, -0.1) is 0 Å². The second kappa shape index (κ2) is 8.00. The average Bonchev–Trinajstić information content (AvgIpc) is 3.17. The molecule has 6 nitrogen and oxygen atoms in total. The van der Waals surface area contributed by atoms with Gasteiger partial charge in [-0.25, -0.2) is 9.18 Å². The fourth-order valence-electron chi connectivity index (χ4n) is 3.13. The number of aromatic nitrogens is 2. The number of urea groups is 1. The van der Waals surface area contributed by atoms with Gasteiger partial charge in [-0.2, -0.15) is 5.10 Å². The predicted octanol–water partition coefficient (Wildman–Crippen LogP) is 3.04. The Labute approximate surface area is 146 Å². The minimum atomic E-state index is -0.411. The van der Waals surface area contributed by atoms with Gasteiger partial charge < -0.3 is 15.0 Å². The van der Waals surface area contributed by atoms with E-state index in [0.29, 0.717) is 18.7 Å². The Bertz CT molecular complexity index is 705. The molecule has 1 atom stereocenters. The number of halogens is 1. The van der Waals surface area contributed by atoms with Gasteiger partial charge in [0.25, 0.3) is 0 Å². The Morgan fingerprint density at radius 2 is 2.36 bits per heavy atom. The van der Waals surface area contributed by atoms with E-state index in [1.54, 1.807) is 23.2 Å². The van der Waals surface area contributed by atoms with E-state index >= 15 is 0 Å². The first kappa shape index (κ1) is 17.3. The number of H-pyrrole nitrogens is 1. The van der Waals surface area contributed by atoms with Crippen molar-refractivity contribution in [2.75, 3.05) is 19.7 Å². The molecule has 1 aromatic carbocycles. The Hall–Kier alpha value is -2.57. The van der Waals surface area contributed by atoms with Gasteiger partial charge in [-0.1, -0.05) is 6.07 Å². The maximum Gasteiger partial charge on any atom is 0.317 e. The molecule has 1 aliphatic rings. The number of carbonyl (C=O) groups excluding carboxylic acids is 1. The van der Waals surface area contributed by atoms with Gasteiger partial charge in [-0.05, 0) is 43.5 Å². The number of likely N-dealkylation sites (tertiary alicyclic amines) is 1. The second-order valence-electron chi connectivity index (χ2n) is 6.15. The van der Waals surface area contributed by atoms with E-state index in [-0.39, 0.29) is 24.2 Å². The number of ether oxygens (including phenoxy) is 1. The number of nitrogens with one attached hydrogen (secondary N) is 2. The van der Waals surface area contributed by atoms with E-state index in [2.05, 4.69) is 15.5 Å². The number of nitrogens with zero attached hydrogens (tertiary/aromatic N) is 2. The standard InChI is InChI=1S/C18H23FN4O2/c1-2-25-17-6-5-13(10-15(17)19)11-20-18(24)23-9-3-4-14(12-23)16-7-8-21-22-16/h5-8,10,14H,2-4,9,11-12H2,1H3,(H,20,24)(H,21,22)/t14-/m0/s1. The van der Waals surface area contributed by atoms with Gasteiger partial charge in [0, 0.05) is 37.4 Å². The van der Waals surface area contributed by atoms with E-state index in [0.717, 1.165) is 25.1 Å². The van der Waals surface area contributed by atoms with E-state index < -0.39 is 5.82 Å². The molecule has 1 aliphatic heterocycles. The molecule has 0 radical (unpaired) electrons. The Kier molecular flexibility index (Phi) is 5.53. The van der Waals surface area contributed by atoms with Gasteiger partial charge in [0.15, 0.2) is 11.6 Å². The topological polar surface area (TPSA) is 70.2 Å². The summed E-state index contributed by atoms with van der Waals surface area (Å²) < 4.78 is 19.0. The molecule has 0 bridgehead atoms. The zero-order valence-electron chi connectivity index (χ0n) is 14.3. The van der Waals surface area contributed by atoms with Crippen LogP contribution in [0.25, 0.3) is 0 Å². The molecule has 2 N–H and O–H groups in total. The first-order chi connectivity index (χ1) is 12.2. The molecule has 0 aliphatic carbocycles. The van der Waals surface area contributed by atoms with Crippen molar-refractivity contribution in [2.24, 2.45) is 0 Å². The van der Waals surface area contributed by atoms with Crippen molar-refractivity contribution in [1.82, 2.24) is 20.4 Å². The zero-order chi connectivity index (χ0) is 17.6. The molecule has 2 heterocycles. The lowest BCUT2D eigenvalue weighted by molar-refractivity contribution is 0.178. The summed E-state index contributed by atoms with van der Waals surface area (Å²) in [6.07, 6.45) is 3.72. The minimum Gasteiger partial charge on any atom is -0.491 e. The van der Waals surface area contributed by atoms with Crippen LogP contribution >= 0.6 is 0 Å². The fourth-order valence-corrected chi connectivity index (χ4v) is 3.13. The molecule has 0 saturated carbocycles. The van der Waals surface area contributed by atoms with Crippen LogP contribution in [0.2, 0.25) is 0 Å². The molecule has 0 spiro atoms. The SMILES string of the molecule is CCOc1ccc(CNC(=O)N2CCC[C@H](c3ccn[nH]3)C2)cc1F. The molecule has 25 heavy (non-hydrogen) atoms. The van der Waals surface area contributed by atoms with E-state index in [1.807, 2.05) is 13.0 Å². The predicted molar refractivity (Wildman–Crippen MR) is 91.9 cm³/mol. The maximum absolute atomic E-state index is 13.9. The maximum atomic E-state index is 13.9. The second-order valence-corrected chi connectivity index (χ2v) is 6.15. The number of hydrogen-bond acceptors (Lipinski definition) is 3.